The summed E-state index contributed by atoms with van der Waals surface area (Å²) in [7, 11) is 5.63. The predicted molar refractivity (Wildman–Crippen MR) is 62.3 cm³/mol. The van der Waals surface area contributed by atoms with Crippen molar-refractivity contribution in [2.45, 2.75) is 38.8 Å². The molecule has 2 rings (SSSR count). The molecule has 1 aromatic rings. The molecule has 0 saturated heterocycles. The zero-order valence-electron chi connectivity index (χ0n) is 8.96. The molecule has 0 saturated carbocycles. The molecule has 1 aliphatic rings. The van der Waals surface area contributed by atoms with E-state index in [4.69, 9.17) is 7.85 Å². The van der Waals surface area contributed by atoms with Gasteiger partial charge < -0.3 is 0 Å². The molecule has 2 unspecified atom stereocenters. The summed E-state index contributed by atoms with van der Waals surface area (Å²) in [5, 5.41) is 1.07. The number of hydrogen-bond acceptors (Lipinski definition) is 2. The van der Waals surface area contributed by atoms with Crippen LogP contribution in [0.5, 0.6) is 0 Å². The average Bonchev–Trinajstić information content (AvgIpc) is 2.50. The van der Waals surface area contributed by atoms with Gasteiger partial charge in [0.1, 0.15) is 14.0 Å². The molecule has 15 heavy (non-hydrogen) atoms. The highest BCUT2D eigenvalue weighted by molar-refractivity contribution is 7.11. The van der Waals surface area contributed by atoms with Crippen LogP contribution in [0, 0.1) is 13.8 Å². The third-order valence-electron chi connectivity index (χ3n) is 2.76. The Morgan fingerprint density at radius 1 is 1.47 bits per heavy atom. The molecule has 0 aromatic carbocycles. The zero-order valence-corrected chi connectivity index (χ0v) is 9.77. The first-order valence-electron chi connectivity index (χ1n) is 5.13. The van der Waals surface area contributed by atoms with Gasteiger partial charge in [-0.2, -0.15) is 0 Å². The van der Waals surface area contributed by atoms with Crippen LogP contribution in [0.25, 0.3) is 0 Å². The Labute approximate surface area is 94.8 Å². The minimum Gasteiger partial charge on any atom is -0.247 e. The number of allylic oxidation sites excluding steroid dienone is 2. The normalized spacial score (nSPS) is 26.5. The standard InChI is InChI=1S/C11H13BFNS/c1-6-11(15-7(2)14-6)8-3-4-10(13)9(12)5-8/h5,8,10H,3-4H2,1-2H3. The lowest BCUT2D eigenvalue weighted by molar-refractivity contribution is 0.346. The van der Waals surface area contributed by atoms with Gasteiger partial charge in [0.25, 0.3) is 0 Å². The number of rotatable bonds is 1. The van der Waals surface area contributed by atoms with Gasteiger partial charge in [-0.3, -0.25) is 0 Å². The minimum atomic E-state index is -0.949. The fourth-order valence-electron chi connectivity index (χ4n) is 2.01. The molecular formula is C11H13BFNS. The maximum atomic E-state index is 13.2. The highest BCUT2D eigenvalue weighted by atomic mass is 32.1. The van der Waals surface area contributed by atoms with Crippen LogP contribution in [-0.4, -0.2) is 19.0 Å². The molecule has 0 amide bonds. The summed E-state index contributed by atoms with van der Waals surface area (Å²) < 4.78 is 13.2. The summed E-state index contributed by atoms with van der Waals surface area (Å²) in [6.07, 6.45) is 2.28. The van der Waals surface area contributed by atoms with Crippen molar-refractivity contribution in [3.8, 4) is 0 Å². The lowest BCUT2D eigenvalue weighted by Gasteiger charge is -2.22. The first-order valence-corrected chi connectivity index (χ1v) is 5.94. The summed E-state index contributed by atoms with van der Waals surface area (Å²) in [6, 6.07) is 0. The molecule has 78 valence electrons. The van der Waals surface area contributed by atoms with Crippen molar-refractivity contribution in [1.29, 1.82) is 0 Å². The summed E-state index contributed by atoms with van der Waals surface area (Å²) in [4.78, 5) is 5.62. The molecule has 4 heteroatoms. The van der Waals surface area contributed by atoms with Crippen molar-refractivity contribution in [2.75, 3.05) is 0 Å². The van der Waals surface area contributed by atoms with Crippen LogP contribution in [-0.2, 0) is 0 Å². The molecule has 1 aromatic heterocycles. The van der Waals surface area contributed by atoms with Crippen LogP contribution < -0.4 is 0 Å². The van der Waals surface area contributed by atoms with Gasteiger partial charge in [0, 0.05) is 10.8 Å². The molecule has 0 N–H and O–H groups in total. The second-order valence-corrected chi connectivity index (χ2v) is 5.24. The van der Waals surface area contributed by atoms with E-state index in [0.717, 1.165) is 17.1 Å². The summed E-state index contributed by atoms with van der Waals surface area (Å²) in [5.41, 5.74) is 1.44. The molecular weight excluding hydrogens is 208 g/mol. The molecule has 2 atom stereocenters. The van der Waals surface area contributed by atoms with E-state index in [2.05, 4.69) is 4.98 Å². The maximum Gasteiger partial charge on any atom is 0.112 e. The third-order valence-corrected chi connectivity index (χ3v) is 3.97. The van der Waals surface area contributed by atoms with Crippen LogP contribution in [0.3, 0.4) is 0 Å². The van der Waals surface area contributed by atoms with Crippen LogP contribution in [0.2, 0.25) is 0 Å². The van der Waals surface area contributed by atoms with Crippen LogP contribution >= 0.6 is 11.3 Å². The number of alkyl halides is 1. The first kappa shape index (κ1) is 10.9. The molecule has 2 radical (unpaired) electrons. The highest BCUT2D eigenvalue weighted by Gasteiger charge is 2.23. The van der Waals surface area contributed by atoms with Crippen molar-refractivity contribution >= 4 is 19.2 Å². The van der Waals surface area contributed by atoms with Crippen molar-refractivity contribution in [3.63, 3.8) is 0 Å². The SMILES string of the molecule is [B]C1=CC(c2sc(C)nc2C)CCC1F. The Morgan fingerprint density at radius 2 is 2.20 bits per heavy atom. The Morgan fingerprint density at radius 3 is 2.73 bits per heavy atom. The average molecular weight is 221 g/mol. The Kier molecular flexibility index (Phi) is 2.96. The Bertz CT molecular complexity index is 399. The van der Waals surface area contributed by atoms with Crippen molar-refractivity contribution < 1.29 is 4.39 Å². The number of aryl methyl sites for hydroxylation is 2. The van der Waals surface area contributed by atoms with Crippen LogP contribution in [0.15, 0.2) is 11.5 Å². The van der Waals surface area contributed by atoms with Gasteiger partial charge in [-0.1, -0.05) is 11.5 Å². The van der Waals surface area contributed by atoms with Gasteiger partial charge in [0.05, 0.1) is 10.7 Å². The van der Waals surface area contributed by atoms with Crippen LogP contribution in [0.4, 0.5) is 4.39 Å². The van der Waals surface area contributed by atoms with E-state index in [-0.39, 0.29) is 5.92 Å². The monoisotopic (exact) mass is 221 g/mol. The van der Waals surface area contributed by atoms with Gasteiger partial charge in [-0.15, -0.1) is 11.3 Å². The molecule has 1 aliphatic carbocycles. The summed E-state index contributed by atoms with van der Waals surface area (Å²) in [6.45, 7) is 4.00. The minimum absolute atomic E-state index is 0.267. The number of thiazole rings is 1. The fourth-order valence-corrected chi connectivity index (χ4v) is 3.04. The summed E-state index contributed by atoms with van der Waals surface area (Å²) >= 11 is 1.69. The van der Waals surface area contributed by atoms with Crippen molar-refractivity contribution in [1.82, 2.24) is 4.98 Å². The Hall–Kier alpha value is -0.635. The van der Waals surface area contributed by atoms with Gasteiger partial charge in [0.15, 0.2) is 0 Å². The lowest BCUT2D eigenvalue weighted by Crippen LogP contribution is -2.14. The second kappa shape index (κ2) is 4.09. The number of nitrogens with zero attached hydrogens (tertiary/aromatic N) is 1. The number of halogens is 1. The van der Waals surface area contributed by atoms with E-state index in [9.17, 15) is 4.39 Å². The van der Waals surface area contributed by atoms with Gasteiger partial charge in [-0.05, 0) is 26.7 Å². The highest BCUT2D eigenvalue weighted by Crippen LogP contribution is 2.36. The van der Waals surface area contributed by atoms with Crippen LogP contribution in [0.1, 0.15) is 34.3 Å². The molecule has 0 fully saturated rings. The topological polar surface area (TPSA) is 12.9 Å². The number of hydrogen-bond donors (Lipinski definition) is 0. The van der Waals surface area contributed by atoms with Gasteiger partial charge in [-0.25, -0.2) is 9.37 Å². The van der Waals surface area contributed by atoms with E-state index < -0.39 is 6.17 Å². The summed E-state index contributed by atoms with van der Waals surface area (Å²) in [5.74, 6) is 0.267. The van der Waals surface area contributed by atoms with E-state index in [1.165, 1.54) is 4.88 Å². The quantitative estimate of drug-likeness (QED) is 0.664. The second-order valence-electron chi connectivity index (χ2n) is 4.00. The molecule has 1 nitrogen and oxygen atoms in total. The fraction of sp³-hybridized carbons (Fsp3) is 0.545. The van der Waals surface area contributed by atoms with E-state index >= 15 is 0 Å². The van der Waals surface area contributed by atoms with Gasteiger partial charge >= 0.3 is 0 Å². The van der Waals surface area contributed by atoms with Gasteiger partial charge in [0.2, 0.25) is 0 Å². The zero-order chi connectivity index (χ0) is 11.0. The molecule has 1 heterocycles. The lowest BCUT2D eigenvalue weighted by atomic mass is 9.79. The van der Waals surface area contributed by atoms with E-state index in [1.807, 2.05) is 19.9 Å². The van der Waals surface area contributed by atoms with E-state index in [0.29, 0.717) is 11.9 Å². The third kappa shape index (κ3) is 2.15. The largest absolute Gasteiger partial charge is 0.247 e. The van der Waals surface area contributed by atoms with Crippen molar-refractivity contribution in [3.05, 3.63) is 27.1 Å². The Balaban J connectivity index is 2.29. The number of aromatic nitrogens is 1. The molecule has 0 bridgehead atoms. The smallest absolute Gasteiger partial charge is 0.112 e. The van der Waals surface area contributed by atoms with E-state index in [1.54, 1.807) is 11.3 Å². The predicted octanol–water partition coefficient (Wildman–Crippen LogP) is 3.03. The molecule has 0 aliphatic heterocycles. The first-order chi connectivity index (χ1) is 7.08. The maximum absolute atomic E-state index is 13.2. The van der Waals surface area contributed by atoms with Crippen molar-refractivity contribution in [2.24, 2.45) is 0 Å². The molecule has 0 spiro atoms.